The summed E-state index contributed by atoms with van der Waals surface area (Å²) in [4.78, 5) is 23.3. The molecular weight excluding hydrogens is 288 g/mol. The maximum atomic E-state index is 12.0. The lowest BCUT2D eigenvalue weighted by Gasteiger charge is -2.52. The van der Waals surface area contributed by atoms with Gasteiger partial charge in [-0.1, -0.05) is 19.8 Å². The normalized spacial score (nSPS) is 33.8. The van der Waals surface area contributed by atoms with Crippen LogP contribution in [0, 0.1) is 0 Å². The van der Waals surface area contributed by atoms with Crippen LogP contribution in [-0.4, -0.2) is 57.0 Å². The summed E-state index contributed by atoms with van der Waals surface area (Å²) in [5, 5.41) is 12.4. The quantitative estimate of drug-likeness (QED) is 0.437. The highest BCUT2D eigenvalue weighted by Gasteiger charge is 2.56. The molecule has 2 aliphatic heterocycles. The molecule has 0 aromatic carbocycles. The van der Waals surface area contributed by atoms with Gasteiger partial charge >= 0.3 is 5.97 Å². The van der Waals surface area contributed by atoms with Gasteiger partial charge in [0.2, 0.25) is 5.91 Å². The predicted molar refractivity (Wildman–Crippen MR) is 75.5 cm³/mol. The monoisotopic (exact) mass is 306 g/mol. The van der Waals surface area contributed by atoms with E-state index in [2.05, 4.69) is 12.2 Å². The Morgan fingerprint density at radius 3 is 3.00 bits per heavy atom. The number of thioether (sulfide) groups is 1. The van der Waals surface area contributed by atoms with Gasteiger partial charge in [-0.05, 0) is 13.0 Å². The molecule has 0 bridgehead atoms. The van der Waals surface area contributed by atoms with E-state index in [0.29, 0.717) is 5.75 Å². The fraction of sp³-hybridized carbons (Fsp3) is 0.833. The van der Waals surface area contributed by atoms with Crippen molar-refractivity contribution in [2.45, 2.75) is 42.5 Å². The third-order valence-corrected chi connectivity index (χ3v) is 5.67. The van der Waals surface area contributed by atoms with E-state index in [-0.39, 0.29) is 23.9 Å². The zero-order valence-electron chi connectivity index (χ0n) is 10.9. The van der Waals surface area contributed by atoms with Gasteiger partial charge in [-0.25, -0.2) is 0 Å². The van der Waals surface area contributed by atoms with Crippen molar-refractivity contribution in [2.24, 2.45) is 0 Å². The second-order valence-electron chi connectivity index (χ2n) is 5.08. The molecule has 108 valence electrons. The van der Waals surface area contributed by atoms with E-state index in [1.54, 1.807) is 4.90 Å². The summed E-state index contributed by atoms with van der Waals surface area (Å²) >= 11 is 7.48. The fourth-order valence-corrected chi connectivity index (χ4v) is 4.09. The summed E-state index contributed by atoms with van der Waals surface area (Å²) in [6.07, 6.45) is 3.36. The molecule has 2 aliphatic rings. The number of hydrogen-bond donors (Lipinski definition) is 2. The molecule has 2 N–H and O–H groups in total. The molecule has 0 spiro atoms. The third-order valence-electron chi connectivity index (χ3n) is 3.57. The van der Waals surface area contributed by atoms with Crippen molar-refractivity contribution in [2.75, 3.05) is 18.8 Å². The molecule has 0 radical (unpaired) electrons. The van der Waals surface area contributed by atoms with Crippen LogP contribution in [0.4, 0.5) is 0 Å². The van der Waals surface area contributed by atoms with E-state index in [4.69, 9.17) is 16.7 Å². The molecule has 2 rings (SSSR count). The topological polar surface area (TPSA) is 69.6 Å². The summed E-state index contributed by atoms with van der Waals surface area (Å²) in [5.74, 6) is -0.738. The van der Waals surface area contributed by atoms with E-state index in [1.807, 2.05) is 0 Å². The highest BCUT2D eigenvalue weighted by Crippen LogP contribution is 2.40. The number of alkyl halides is 1. The van der Waals surface area contributed by atoms with Gasteiger partial charge in [0, 0.05) is 5.75 Å². The molecular formula is C12H19ClN2O3S. The van der Waals surface area contributed by atoms with Crippen LogP contribution in [0.15, 0.2) is 0 Å². The van der Waals surface area contributed by atoms with Crippen molar-refractivity contribution in [3.05, 3.63) is 0 Å². The first kappa shape index (κ1) is 14.9. The minimum Gasteiger partial charge on any atom is -0.480 e. The lowest BCUT2D eigenvalue weighted by molar-refractivity contribution is -0.150. The van der Waals surface area contributed by atoms with Crippen LogP contribution < -0.4 is 5.32 Å². The van der Waals surface area contributed by atoms with Crippen LogP contribution in [0.25, 0.3) is 0 Å². The van der Waals surface area contributed by atoms with Gasteiger partial charge in [0.15, 0.2) is 4.87 Å². The Morgan fingerprint density at radius 2 is 2.37 bits per heavy atom. The molecule has 2 fully saturated rings. The molecule has 2 unspecified atom stereocenters. The van der Waals surface area contributed by atoms with Crippen LogP contribution in [0.5, 0.6) is 0 Å². The molecule has 0 aromatic heterocycles. The summed E-state index contributed by atoms with van der Waals surface area (Å²) in [7, 11) is 0. The fourth-order valence-electron chi connectivity index (χ4n) is 2.36. The molecule has 2 heterocycles. The lowest BCUT2D eigenvalue weighted by Crippen LogP contribution is -2.73. The van der Waals surface area contributed by atoms with Gasteiger partial charge in [0.25, 0.3) is 0 Å². The van der Waals surface area contributed by atoms with E-state index in [9.17, 15) is 9.59 Å². The Balaban J connectivity index is 1.85. The van der Waals surface area contributed by atoms with Crippen LogP contribution >= 0.6 is 23.4 Å². The summed E-state index contributed by atoms with van der Waals surface area (Å²) in [5.41, 5.74) is 0. The second-order valence-corrected chi connectivity index (χ2v) is 6.91. The minimum atomic E-state index is -1.33. The zero-order chi connectivity index (χ0) is 14.0. The Labute approximate surface area is 122 Å². The molecule has 5 nitrogen and oxygen atoms in total. The van der Waals surface area contributed by atoms with Gasteiger partial charge in [-0.15, -0.1) is 23.4 Å². The number of rotatable bonds is 6. The van der Waals surface area contributed by atoms with E-state index in [1.165, 1.54) is 11.8 Å². The number of carboxylic acid groups (broad SMARTS) is 1. The maximum Gasteiger partial charge on any atom is 0.327 e. The standard InChI is InChI=1S/C12H19ClN2O3S/c1-2-3-4-5-14-8-9(16)15-6-12(13,11(17)18)7-19-10(8)15/h8,10,14H,2-7H2,1H3,(H,17,18)/t8?,10-,12?/m1/s1. The maximum absolute atomic E-state index is 12.0. The average molecular weight is 307 g/mol. The van der Waals surface area contributed by atoms with Crippen LogP contribution in [0.2, 0.25) is 0 Å². The van der Waals surface area contributed by atoms with Crippen molar-refractivity contribution in [3.63, 3.8) is 0 Å². The Hall–Kier alpha value is -0.460. The SMILES string of the molecule is CCCCCNC1C(=O)N2CC(Cl)(C(=O)O)CS[C@H]12. The van der Waals surface area contributed by atoms with Crippen molar-refractivity contribution >= 4 is 35.2 Å². The largest absolute Gasteiger partial charge is 0.480 e. The van der Waals surface area contributed by atoms with Crippen molar-refractivity contribution in [1.29, 1.82) is 0 Å². The van der Waals surface area contributed by atoms with Gasteiger partial charge in [0.1, 0.15) is 11.4 Å². The number of carbonyl (C=O) groups excluding carboxylic acids is 1. The molecule has 1 amide bonds. The van der Waals surface area contributed by atoms with Crippen molar-refractivity contribution in [1.82, 2.24) is 10.2 Å². The Kier molecular flexibility index (Phi) is 4.63. The number of halogens is 1. The predicted octanol–water partition coefficient (Wildman–Crippen LogP) is 1.11. The van der Waals surface area contributed by atoms with E-state index < -0.39 is 10.8 Å². The molecule has 3 atom stereocenters. The summed E-state index contributed by atoms with van der Waals surface area (Å²) in [6.45, 7) is 3.08. The smallest absolute Gasteiger partial charge is 0.327 e. The minimum absolute atomic E-state index is 0.0278. The average Bonchev–Trinajstić information content (AvgIpc) is 2.39. The first-order valence-corrected chi connectivity index (χ1v) is 8.00. The number of nitrogens with one attached hydrogen (secondary N) is 1. The van der Waals surface area contributed by atoms with Crippen LogP contribution in [-0.2, 0) is 9.59 Å². The highest BCUT2D eigenvalue weighted by molar-refractivity contribution is 8.00. The zero-order valence-corrected chi connectivity index (χ0v) is 12.5. The molecule has 2 saturated heterocycles. The second kappa shape index (κ2) is 5.89. The summed E-state index contributed by atoms with van der Waals surface area (Å²) < 4.78 is 0. The number of amides is 1. The van der Waals surface area contributed by atoms with E-state index >= 15 is 0 Å². The first-order valence-electron chi connectivity index (χ1n) is 6.57. The Morgan fingerprint density at radius 1 is 1.63 bits per heavy atom. The number of unbranched alkanes of at least 4 members (excludes halogenated alkanes) is 2. The van der Waals surface area contributed by atoms with Crippen molar-refractivity contribution < 1.29 is 14.7 Å². The number of nitrogens with zero attached hydrogens (tertiary/aromatic N) is 1. The number of aliphatic carboxylic acids is 1. The first-order chi connectivity index (χ1) is 8.99. The summed E-state index contributed by atoms with van der Waals surface area (Å²) in [6, 6.07) is -0.170. The van der Waals surface area contributed by atoms with Crippen molar-refractivity contribution in [3.8, 4) is 0 Å². The van der Waals surface area contributed by atoms with Gasteiger partial charge in [-0.2, -0.15) is 0 Å². The third kappa shape index (κ3) is 2.85. The number of hydrogen-bond acceptors (Lipinski definition) is 4. The number of carbonyl (C=O) groups is 2. The molecule has 19 heavy (non-hydrogen) atoms. The van der Waals surface area contributed by atoms with Gasteiger partial charge in [0.05, 0.1) is 6.54 Å². The Bertz CT molecular complexity index is 382. The van der Waals surface area contributed by atoms with Crippen LogP contribution in [0.3, 0.4) is 0 Å². The van der Waals surface area contributed by atoms with E-state index in [0.717, 1.165) is 25.8 Å². The van der Waals surface area contributed by atoms with Gasteiger partial charge in [-0.3, -0.25) is 9.59 Å². The number of fused-ring (bicyclic) bond motifs is 1. The number of carboxylic acids is 1. The number of β-lactam (4-membered cyclic amide) rings is 1. The lowest BCUT2D eigenvalue weighted by atomic mass is 10.0. The molecule has 0 saturated carbocycles. The highest BCUT2D eigenvalue weighted by atomic mass is 35.5. The van der Waals surface area contributed by atoms with Gasteiger partial charge < -0.3 is 15.3 Å². The molecule has 7 heteroatoms. The van der Waals surface area contributed by atoms with Crippen LogP contribution in [0.1, 0.15) is 26.2 Å². The molecule has 0 aromatic rings. The molecule has 0 aliphatic carbocycles.